The van der Waals surface area contributed by atoms with Crippen LogP contribution in [0.25, 0.3) is 0 Å². The van der Waals surface area contributed by atoms with E-state index in [1.165, 1.54) is 64.8 Å². The van der Waals surface area contributed by atoms with Crippen molar-refractivity contribution in [3.63, 3.8) is 0 Å². The summed E-state index contributed by atoms with van der Waals surface area (Å²) in [4.78, 5) is 5.38. The second-order valence-electron chi connectivity index (χ2n) is 6.93. The van der Waals surface area contributed by atoms with Gasteiger partial charge in [0.1, 0.15) is 0 Å². The van der Waals surface area contributed by atoms with Crippen LogP contribution in [-0.2, 0) is 0 Å². The van der Waals surface area contributed by atoms with Crippen molar-refractivity contribution in [2.75, 3.05) is 39.3 Å². The molecule has 0 bridgehead atoms. The number of hydrogen-bond acceptors (Lipinski definition) is 3. The largest absolute Gasteiger partial charge is 0.330 e. The second-order valence-corrected chi connectivity index (χ2v) is 6.93. The van der Waals surface area contributed by atoms with Gasteiger partial charge in [-0.2, -0.15) is 0 Å². The van der Waals surface area contributed by atoms with Gasteiger partial charge in [-0.15, -0.1) is 0 Å². The molecular formula is C16H33N3. The van der Waals surface area contributed by atoms with E-state index in [-0.39, 0.29) is 0 Å². The zero-order valence-corrected chi connectivity index (χ0v) is 13.0. The Morgan fingerprint density at radius 1 is 1.00 bits per heavy atom. The summed E-state index contributed by atoms with van der Waals surface area (Å²) in [5.74, 6) is 1.54. The van der Waals surface area contributed by atoms with E-state index in [9.17, 15) is 0 Å². The van der Waals surface area contributed by atoms with Crippen LogP contribution in [0.2, 0.25) is 0 Å². The molecule has 0 amide bonds. The molecule has 1 aliphatic carbocycles. The summed E-state index contributed by atoms with van der Waals surface area (Å²) in [6.07, 6.45) is 6.96. The molecule has 2 N–H and O–H groups in total. The summed E-state index contributed by atoms with van der Waals surface area (Å²) < 4.78 is 0. The monoisotopic (exact) mass is 267 g/mol. The molecule has 2 atom stereocenters. The maximum absolute atomic E-state index is 6.03. The van der Waals surface area contributed by atoms with Crippen molar-refractivity contribution in [1.82, 2.24) is 9.80 Å². The van der Waals surface area contributed by atoms with Gasteiger partial charge in [0.2, 0.25) is 0 Å². The van der Waals surface area contributed by atoms with Crippen molar-refractivity contribution in [3.05, 3.63) is 0 Å². The lowest BCUT2D eigenvalue weighted by molar-refractivity contribution is 0.0622. The Hall–Kier alpha value is -0.120. The SMILES string of the molecule is CC(C)CN1CCN(C2CCCCCC2CN)CC1. The van der Waals surface area contributed by atoms with E-state index in [0.717, 1.165) is 24.4 Å². The molecule has 3 heteroatoms. The fourth-order valence-electron chi connectivity index (χ4n) is 3.91. The fraction of sp³-hybridized carbons (Fsp3) is 1.00. The highest BCUT2D eigenvalue weighted by Gasteiger charge is 2.30. The van der Waals surface area contributed by atoms with Gasteiger partial charge in [-0.1, -0.05) is 33.1 Å². The van der Waals surface area contributed by atoms with E-state index in [2.05, 4.69) is 23.6 Å². The minimum Gasteiger partial charge on any atom is -0.330 e. The molecular weight excluding hydrogens is 234 g/mol. The van der Waals surface area contributed by atoms with Crippen LogP contribution < -0.4 is 5.73 Å². The van der Waals surface area contributed by atoms with Gasteiger partial charge in [-0.05, 0) is 31.2 Å². The average molecular weight is 267 g/mol. The molecule has 1 heterocycles. The molecule has 1 aliphatic heterocycles. The van der Waals surface area contributed by atoms with E-state index in [1.54, 1.807) is 0 Å². The summed E-state index contributed by atoms with van der Waals surface area (Å²) in [7, 11) is 0. The number of piperazine rings is 1. The average Bonchev–Trinajstić information content (AvgIpc) is 2.64. The summed E-state index contributed by atoms with van der Waals surface area (Å²) in [6.45, 7) is 11.8. The van der Waals surface area contributed by atoms with E-state index < -0.39 is 0 Å². The van der Waals surface area contributed by atoms with Gasteiger partial charge in [-0.25, -0.2) is 0 Å². The molecule has 0 aromatic carbocycles. The summed E-state index contributed by atoms with van der Waals surface area (Å²) in [5, 5.41) is 0. The van der Waals surface area contributed by atoms with Gasteiger partial charge >= 0.3 is 0 Å². The van der Waals surface area contributed by atoms with Crippen LogP contribution >= 0.6 is 0 Å². The van der Waals surface area contributed by atoms with Gasteiger partial charge < -0.3 is 10.6 Å². The van der Waals surface area contributed by atoms with Crippen molar-refractivity contribution in [2.45, 2.75) is 52.0 Å². The van der Waals surface area contributed by atoms with Crippen LogP contribution in [0, 0.1) is 11.8 Å². The Bertz CT molecular complexity index is 246. The maximum Gasteiger partial charge on any atom is 0.0137 e. The van der Waals surface area contributed by atoms with Gasteiger partial charge in [0.25, 0.3) is 0 Å². The Morgan fingerprint density at radius 3 is 2.32 bits per heavy atom. The minimum atomic E-state index is 0.749. The highest BCUT2D eigenvalue weighted by Crippen LogP contribution is 2.27. The van der Waals surface area contributed by atoms with Crippen molar-refractivity contribution in [2.24, 2.45) is 17.6 Å². The van der Waals surface area contributed by atoms with Crippen LogP contribution in [0.3, 0.4) is 0 Å². The Labute approximate surface area is 119 Å². The van der Waals surface area contributed by atoms with Gasteiger partial charge in [0.05, 0.1) is 0 Å². The Morgan fingerprint density at radius 2 is 1.68 bits per heavy atom. The van der Waals surface area contributed by atoms with Crippen molar-refractivity contribution < 1.29 is 0 Å². The van der Waals surface area contributed by atoms with Crippen LogP contribution in [-0.4, -0.2) is 55.1 Å². The predicted octanol–water partition coefficient (Wildman–Crippen LogP) is 2.17. The molecule has 0 spiro atoms. The first-order valence-electron chi connectivity index (χ1n) is 8.37. The topological polar surface area (TPSA) is 32.5 Å². The third-order valence-electron chi connectivity index (χ3n) is 4.92. The summed E-state index contributed by atoms with van der Waals surface area (Å²) in [5.41, 5.74) is 6.03. The predicted molar refractivity (Wildman–Crippen MR) is 82.3 cm³/mol. The quantitative estimate of drug-likeness (QED) is 0.792. The van der Waals surface area contributed by atoms with Crippen molar-refractivity contribution >= 4 is 0 Å². The first-order valence-corrected chi connectivity index (χ1v) is 8.37. The van der Waals surface area contributed by atoms with Crippen LogP contribution in [0.15, 0.2) is 0 Å². The van der Waals surface area contributed by atoms with E-state index in [4.69, 9.17) is 5.73 Å². The lowest BCUT2D eigenvalue weighted by atomic mass is 9.93. The van der Waals surface area contributed by atoms with Gasteiger partial charge in [0.15, 0.2) is 0 Å². The molecule has 0 aromatic heterocycles. The van der Waals surface area contributed by atoms with E-state index in [1.807, 2.05) is 0 Å². The minimum absolute atomic E-state index is 0.749. The lowest BCUT2D eigenvalue weighted by Gasteiger charge is -2.42. The lowest BCUT2D eigenvalue weighted by Crippen LogP contribution is -2.53. The molecule has 2 fully saturated rings. The highest BCUT2D eigenvalue weighted by atomic mass is 15.3. The molecule has 2 unspecified atom stereocenters. The van der Waals surface area contributed by atoms with Gasteiger partial charge in [-0.3, -0.25) is 4.90 Å². The molecule has 19 heavy (non-hydrogen) atoms. The molecule has 2 rings (SSSR count). The second kappa shape index (κ2) is 7.61. The number of nitrogens with two attached hydrogens (primary N) is 1. The molecule has 112 valence electrons. The zero-order chi connectivity index (χ0) is 13.7. The molecule has 2 aliphatic rings. The number of nitrogens with zero attached hydrogens (tertiary/aromatic N) is 2. The van der Waals surface area contributed by atoms with Crippen LogP contribution in [0.5, 0.6) is 0 Å². The third kappa shape index (κ3) is 4.44. The molecule has 0 radical (unpaired) electrons. The maximum atomic E-state index is 6.03. The zero-order valence-electron chi connectivity index (χ0n) is 13.0. The smallest absolute Gasteiger partial charge is 0.0137 e. The molecule has 1 saturated heterocycles. The fourth-order valence-corrected chi connectivity index (χ4v) is 3.91. The summed E-state index contributed by atoms with van der Waals surface area (Å²) >= 11 is 0. The Balaban J connectivity index is 1.84. The molecule has 1 saturated carbocycles. The van der Waals surface area contributed by atoms with Crippen molar-refractivity contribution in [1.29, 1.82) is 0 Å². The number of hydrogen-bond donors (Lipinski definition) is 1. The first-order chi connectivity index (χ1) is 9.20. The standard InChI is InChI=1S/C16H33N3/c1-14(2)13-18-8-10-19(11-9-18)16-7-5-3-4-6-15(16)12-17/h14-16H,3-13,17H2,1-2H3. The third-order valence-corrected chi connectivity index (χ3v) is 4.92. The van der Waals surface area contributed by atoms with E-state index >= 15 is 0 Å². The first kappa shape index (κ1) is 15.3. The normalized spacial score (nSPS) is 31.6. The Kier molecular flexibility index (Phi) is 6.11. The summed E-state index contributed by atoms with van der Waals surface area (Å²) in [6, 6.07) is 0.772. The van der Waals surface area contributed by atoms with Crippen LogP contribution in [0.1, 0.15) is 46.0 Å². The van der Waals surface area contributed by atoms with E-state index in [0.29, 0.717) is 0 Å². The van der Waals surface area contributed by atoms with Crippen LogP contribution in [0.4, 0.5) is 0 Å². The van der Waals surface area contributed by atoms with Crippen molar-refractivity contribution in [3.8, 4) is 0 Å². The highest BCUT2D eigenvalue weighted by molar-refractivity contribution is 4.85. The van der Waals surface area contributed by atoms with Gasteiger partial charge in [0, 0.05) is 38.8 Å². The number of rotatable bonds is 4. The molecule has 3 nitrogen and oxygen atoms in total. The molecule has 0 aromatic rings.